The molecule has 1 aliphatic rings. The number of hydrogen-bond acceptors (Lipinski definition) is 5. The van der Waals surface area contributed by atoms with Gasteiger partial charge >= 0.3 is 12.2 Å². The van der Waals surface area contributed by atoms with Crippen molar-refractivity contribution in [1.82, 2.24) is 4.90 Å². The number of ether oxygens (including phenoxy) is 2. The molecule has 0 bridgehead atoms. The smallest absolute Gasteiger partial charge is 0.420 e. The number of cyclic esters (lactones) is 1. The van der Waals surface area contributed by atoms with E-state index in [4.69, 9.17) is 13.9 Å². The highest BCUT2D eigenvalue weighted by atomic mass is 28.4. The van der Waals surface area contributed by atoms with Crippen molar-refractivity contribution >= 4 is 20.5 Å². The van der Waals surface area contributed by atoms with E-state index in [0.717, 1.165) is 4.90 Å². The van der Waals surface area contributed by atoms with E-state index in [0.29, 0.717) is 0 Å². The Balaban J connectivity index is 2.91. The van der Waals surface area contributed by atoms with E-state index in [1.54, 1.807) is 27.7 Å². The van der Waals surface area contributed by atoms with Crippen LogP contribution in [0, 0.1) is 0 Å². The predicted octanol–water partition coefficient (Wildman–Crippen LogP) is 4.15. The van der Waals surface area contributed by atoms with Crippen LogP contribution < -0.4 is 0 Å². The number of imide groups is 1. The lowest BCUT2D eigenvalue weighted by Crippen LogP contribution is -2.55. The van der Waals surface area contributed by atoms with Gasteiger partial charge in [0.25, 0.3) is 0 Å². The van der Waals surface area contributed by atoms with Crippen molar-refractivity contribution in [3.8, 4) is 0 Å². The summed E-state index contributed by atoms with van der Waals surface area (Å²) in [4.78, 5) is 25.4. The van der Waals surface area contributed by atoms with Gasteiger partial charge in [-0.1, -0.05) is 20.8 Å². The highest BCUT2D eigenvalue weighted by molar-refractivity contribution is 6.74. The van der Waals surface area contributed by atoms with E-state index in [1.807, 2.05) is 0 Å². The van der Waals surface area contributed by atoms with Crippen LogP contribution in [-0.4, -0.2) is 49.8 Å². The lowest BCUT2D eigenvalue weighted by molar-refractivity contribution is 0.0130. The summed E-state index contributed by atoms with van der Waals surface area (Å²) in [5.41, 5.74) is -1.53. The number of amides is 2. The Kier molecular flexibility index (Phi) is 5.28. The molecule has 1 atom stereocenters. The van der Waals surface area contributed by atoms with Crippen LogP contribution in [0.3, 0.4) is 0 Å². The van der Waals surface area contributed by atoms with Gasteiger partial charge < -0.3 is 13.9 Å². The molecule has 2 amide bonds. The lowest BCUT2D eigenvalue weighted by atomic mass is 10.1. The quantitative estimate of drug-likeness (QED) is 0.719. The fraction of sp³-hybridized carbons (Fsp3) is 0.875. The number of carbonyl (C=O) groups is 2. The molecule has 1 saturated heterocycles. The third kappa shape index (κ3) is 4.70. The summed E-state index contributed by atoms with van der Waals surface area (Å²) in [6.07, 6.45) is -1.37. The minimum Gasteiger partial charge on any atom is -0.446 e. The molecule has 23 heavy (non-hydrogen) atoms. The molecule has 1 aliphatic heterocycles. The number of nitrogens with zero attached hydrogens (tertiary/aromatic N) is 1. The van der Waals surface area contributed by atoms with Gasteiger partial charge in [-0.25, -0.2) is 14.5 Å². The second kappa shape index (κ2) is 6.09. The van der Waals surface area contributed by atoms with Crippen molar-refractivity contribution in [2.45, 2.75) is 77.7 Å². The first-order valence-electron chi connectivity index (χ1n) is 7.93. The largest absolute Gasteiger partial charge is 0.446 e. The van der Waals surface area contributed by atoms with Crippen LogP contribution in [0.15, 0.2) is 0 Å². The molecule has 7 heteroatoms. The molecular formula is C16H31NO5Si. The summed E-state index contributed by atoms with van der Waals surface area (Å²) >= 11 is 0. The second-order valence-corrected chi connectivity index (χ2v) is 13.7. The summed E-state index contributed by atoms with van der Waals surface area (Å²) in [5, 5.41) is 0.0452. The van der Waals surface area contributed by atoms with Gasteiger partial charge in [0.1, 0.15) is 17.7 Å². The van der Waals surface area contributed by atoms with Gasteiger partial charge in [0.05, 0.1) is 6.61 Å². The molecule has 0 aromatic heterocycles. The van der Waals surface area contributed by atoms with Gasteiger partial charge in [0.2, 0.25) is 0 Å². The van der Waals surface area contributed by atoms with Gasteiger partial charge in [-0.15, -0.1) is 0 Å². The third-order valence-electron chi connectivity index (χ3n) is 4.36. The van der Waals surface area contributed by atoms with Crippen LogP contribution in [0.1, 0.15) is 48.5 Å². The standard InChI is InChI=1S/C16H31NO5Si/c1-14(2,3)22-13(19)17-12(18)20-10-16(17,7)11-21-23(8,9)15(4,5)6/h10-11H2,1-9H3/t16-/m0/s1. The zero-order chi connectivity index (χ0) is 18.3. The summed E-state index contributed by atoms with van der Waals surface area (Å²) < 4.78 is 16.6. The number of hydrogen-bond donors (Lipinski definition) is 0. The van der Waals surface area contributed by atoms with Crippen molar-refractivity contribution in [1.29, 1.82) is 0 Å². The van der Waals surface area contributed by atoms with Crippen LogP contribution in [0.25, 0.3) is 0 Å². The van der Waals surface area contributed by atoms with Crippen LogP contribution >= 0.6 is 0 Å². The summed E-state index contributed by atoms with van der Waals surface area (Å²) in [6.45, 7) is 18.1. The van der Waals surface area contributed by atoms with Crippen LogP contribution in [0.5, 0.6) is 0 Å². The van der Waals surface area contributed by atoms with E-state index < -0.39 is 31.6 Å². The highest BCUT2D eigenvalue weighted by Crippen LogP contribution is 2.38. The molecule has 0 unspecified atom stereocenters. The van der Waals surface area contributed by atoms with Crippen molar-refractivity contribution in [2.24, 2.45) is 0 Å². The molecule has 134 valence electrons. The Labute approximate surface area is 140 Å². The maximum absolute atomic E-state index is 12.4. The number of carbonyl (C=O) groups excluding carboxylic acids is 2. The first-order valence-corrected chi connectivity index (χ1v) is 10.8. The number of rotatable bonds is 3. The Morgan fingerprint density at radius 3 is 2.22 bits per heavy atom. The van der Waals surface area contributed by atoms with Crippen LogP contribution in [0.2, 0.25) is 18.1 Å². The zero-order valence-corrected chi connectivity index (χ0v) is 16.9. The van der Waals surface area contributed by atoms with Gasteiger partial charge in [-0.3, -0.25) is 0 Å². The second-order valence-electron chi connectivity index (χ2n) is 8.92. The van der Waals surface area contributed by atoms with E-state index in [-0.39, 0.29) is 18.3 Å². The van der Waals surface area contributed by atoms with Gasteiger partial charge in [-0.05, 0) is 45.8 Å². The van der Waals surface area contributed by atoms with Crippen molar-refractivity contribution in [3.63, 3.8) is 0 Å². The highest BCUT2D eigenvalue weighted by Gasteiger charge is 2.51. The van der Waals surface area contributed by atoms with E-state index in [9.17, 15) is 9.59 Å². The molecule has 0 aromatic rings. The lowest BCUT2D eigenvalue weighted by Gasteiger charge is -2.40. The summed E-state index contributed by atoms with van der Waals surface area (Å²) in [6, 6.07) is 0. The summed E-state index contributed by atoms with van der Waals surface area (Å²) in [5.74, 6) is 0. The molecule has 0 radical (unpaired) electrons. The van der Waals surface area contributed by atoms with Crippen LogP contribution in [-0.2, 0) is 13.9 Å². The molecular weight excluding hydrogens is 314 g/mol. The fourth-order valence-corrected chi connectivity index (χ4v) is 2.93. The minimum atomic E-state index is -2.00. The van der Waals surface area contributed by atoms with Gasteiger partial charge in [-0.2, -0.15) is 0 Å². The van der Waals surface area contributed by atoms with E-state index in [2.05, 4.69) is 33.9 Å². The molecule has 1 rings (SSSR count). The van der Waals surface area contributed by atoms with Gasteiger partial charge in [0.15, 0.2) is 8.32 Å². The van der Waals surface area contributed by atoms with Crippen molar-refractivity contribution < 1.29 is 23.5 Å². The van der Waals surface area contributed by atoms with Gasteiger partial charge in [0, 0.05) is 0 Å². The zero-order valence-electron chi connectivity index (χ0n) is 15.9. The van der Waals surface area contributed by atoms with E-state index >= 15 is 0 Å². The SMILES string of the molecule is CC(C)(C)OC(=O)N1C(=O)OC[C@@]1(C)CO[Si](C)(C)C(C)(C)C. The maximum Gasteiger partial charge on any atom is 0.420 e. The molecule has 6 nitrogen and oxygen atoms in total. The monoisotopic (exact) mass is 345 g/mol. The van der Waals surface area contributed by atoms with E-state index in [1.165, 1.54) is 0 Å². The Hall–Kier alpha value is -1.08. The Morgan fingerprint density at radius 2 is 1.78 bits per heavy atom. The minimum absolute atomic E-state index is 0.0452. The average Bonchev–Trinajstić information content (AvgIpc) is 2.60. The van der Waals surface area contributed by atoms with Crippen molar-refractivity contribution in [3.05, 3.63) is 0 Å². The first-order chi connectivity index (χ1) is 10.1. The maximum atomic E-state index is 12.4. The fourth-order valence-electron chi connectivity index (χ4n) is 1.83. The summed E-state index contributed by atoms with van der Waals surface area (Å²) in [7, 11) is -2.00. The van der Waals surface area contributed by atoms with Crippen LogP contribution in [0.4, 0.5) is 9.59 Å². The molecule has 1 fully saturated rings. The molecule has 0 saturated carbocycles. The topological polar surface area (TPSA) is 65.1 Å². The molecule has 0 aromatic carbocycles. The Morgan fingerprint density at radius 1 is 1.26 bits per heavy atom. The predicted molar refractivity (Wildman–Crippen MR) is 91.0 cm³/mol. The molecule has 0 aliphatic carbocycles. The molecule has 1 heterocycles. The Bertz CT molecular complexity index is 478. The normalized spacial score (nSPS) is 23.0. The first kappa shape index (κ1) is 20.0. The third-order valence-corrected chi connectivity index (χ3v) is 8.83. The average molecular weight is 346 g/mol. The van der Waals surface area contributed by atoms with Crippen molar-refractivity contribution in [2.75, 3.05) is 13.2 Å². The molecule has 0 N–H and O–H groups in total. The molecule has 0 spiro atoms.